The molecule has 0 saturated carbocycles. The molecule has 2 heteroatoms. The van der Waals surface area contributed by atoms with Gasteiger partial charge in [0.1, 0.15) is 0 Å². The van der Waals surface area contributed by atoms with Gasteiger partial charge in [0, 0.05) is 24.7 Å². The van der Waals surface area contributed by atoms with Crippen molar-refractivity contribution in [2.45, 2.75) is 72.4 Å². The molecule has 0 atom stereocenters. The predicted molar refractivity (Wildman–Crippen MR) is 83.5 cm³/mol. The summed E-state index contributed by atoms with van der Waals surface area (Å²) in [6.07, 6.45) is 4.24. The van der Waals surface area contributed by atoms with Crippen molar-refractivity contribution in [1.82, 2.24) is 9.80 Å². The van der Waals surface area contributed by atoms with Crippen molar-refractivity contribution in [2.24, 2.45) is 11.3 Å². The van der Waals surface area contributed by atoms with Crippen molar-refractivity contribution in [3.63, 3.8) is 0 Å². The summed E-state index contributed by atoms with van der Waals surface area (Å²) in [5.41, 5.74) is 0.868. The van der Waals surface area contributed by atoms with Gasteiger partial charge in [0.25, 0.3) is 0 Å². The maximum Gasteiger partial charge on any atom is 0.0350 e. The number of piperidine rings is 1. The summed E-state index contributed by atoms with van der Waals surface area (Å²) < 4.78 is 0. The molecule has 2 rings (SSSR count). The normalized spacial score (nSPS) is 25.6. The molecule has 0 aliphatic carbocycles. The maximum absolute atomic E-state index is 2.75. The third-order valence-corrected chi connectivity index (χ3v) is 4.88. The second kappa shape index (κ2) is 5.37. The van der Waals surface area contributed by atoms with Crippen LogP contribution in [-0.2, 0) is 0 Å². The Labute approximate surface area is 120 Å². The lowest BCUT2D eigenvalue weighted by atomic mass is 9.80. The van der Waals surface area contributed by atoms with Crippen molar-refractivity contribution in [3.8, 4) is 0 Å². The molecule has 2 nitrogen and oxygen atoms in total. The Balaban J connectivity index is 1.71. The van der Waals surface area contributed by atoms with E-state index in [9.17, 15) is 0 Å². The van der Waals surface area contributed by atoms with Crippen molar-refractivity contribution in [1.29, 1.82) is 0 Å². The summed E-state index contributed by atoms with van der Waals surface area (Å²) in [5.74, 6) is 0.968. The highest BCUT2D eigenvalue weighted by atomic mass is 15.3. The van der Waals surface area contributed by atoms with Crippen LogP contribution in [0.4, 0.5) is 0 Å². The summed E-state index contributed by atoms with van der Waals surface area (Å²) in [6.45, 7) is 19.4. The molecule has 0 aromatic heterocycles. The SMILES string of the molecule is CC(C)(C)CC1CCN(C2CN(C(C)(C)C)C2)CC1. The molecular formula is C17H34N2. The van der Waals surface area contributed by atoms with Gasteiger partial charge < -0.3 is 0 Å². The van der Waals surface area contributed by atoms with Gasteiger partial charge in [-0.25, -0.2) is 0 Å². The number of rotatable bonds is 2. The molecule has 0 aromatic rings. The highest BCUT2D eigenvalue weighted by Crippen LogP contribution is 2.33. The number of likely N-dealkylation sites (tertiary alicyclic amines) is 2. The predicted octanol–water partition coefficient (Wildman–Crippen LogP) is 3.62. The fourth-order valence-corrected chi connectivity index (χ4v) is 3.62. The van der Waals surface area contributed by atoms with Crippen LogP contribution in [0.25, 0.3) is 0 Å². The van der Waals surface area contributed by atoms with Crippen LogP contribution >= 0.6 is 0 Å². The summed E-state index contributed by atoms with van der Waals surface area (Å²) >= 11 is 0. The standard InChI is InChI=1S/C17H34N2/c1-16(2,3)11-14-7-9-18(10-8-14)15-12-19(13-15)17(4,5)6/h14-15H,7-13H2,1-6H3. The van der Waals surface area contributed by atoms with Crippen LogP contribution in [0.2, 0.25) is 0 Å². The van der Waals surface area contributed by atoms with Gasteiger partial charge in [-0.1, -0.05) is 20.8 Å². The van der Waals surface area contributed by atoms with Gasteiger partial charge >= 0.3 is 0 Å². The third-order valence-electron chi connectivity index (χ3n) is 4.88. The van der Waals surface area contributed by atoms with Gasteiger partial charge in [-0.3, -0.25) is 9.80 Å². The second-order valence-corrected chi connectivity index (χ2v) is 8.97. The van der Waals surface area contributed by atoms with E-state index in [1.807, 2.05) is 0 Å². The van der Waals surface area contributed by atoms with Crippen LogP contribution in [0, 0.1) is 11.3 Å². The van der Waals surface area contributed by atoms with Crippen LogP contribution in [0.5, 0.6) is 0 Å². The molecule has 2 heterocycles. The molecule has 0 N–H and O–H groups in total. The highest BCUT2D eigenvalue weighted by Gasteiger charge is 2.38. The summed E-state index contributed by atoms with van der Waals surface area (Å²) in [6, 6.07) is 0.842. The van der Waals surface area contributed by atoms with Crippen LogP contribution in [0.3, 0.4) is 0 Å². The van der Waals surface area contributed by atoms with Gasteiger partial charge in [0.2, 0.25) is 0 Å². The molecule has 0 spiro atoms. The molecule has 19 heavy (non-hydrogen) atoms. The average molecular weight is 266 g/mol. The van der Waals surface area contributed by atoms with E-state index in [1.165, 1.54) is 45.4 Å². The van der Waals surface area contributed by atoms with Gasteiger partial charge in [-0.15, -0.1) is 0 Å². The van der Waals surface area contributed by atoms with E-state index >= 15 is 0 Å². The second-order valence-electron chi connectivity index (χ2n) is 8.97. The molecule has 2 saturated heterocycles. The fourth-order valence-electron chi connectivity index (χ4n) is 3.62. The van der Waals surface area contributed by atoms with Gasteiger partial charge in [0.05, 0.1) is 0 Å². The Morgan fingerprint density at radius 2 is 1.42 bits per heavy atom. The quantitative estimate of drug-likeness (QED) is 0.753. The molecule has 2 fully saturated rings. The Hall–Kier alpha value is -0.0800. The van der Waals surface area contributed by atoms with E-state index < -0.39 is 0 Å². The van der Waals surface area contributed by atoms with Crippen molar-refractivity contribution < 1.29 is 0 Å². The minimum atomic E-state index is 0.362. The van der Waals surface area contributed by atoms with Crippen molar-refractivity contribution in [3.05, 3.63) is 0 Å². The largest absolute Gasteiger partial charge is 0.298 e. The number of hydrogen-bond acceptors (Lipinski definition) is 2. The molecule has 0 amide bonds. The topological polar surface area (TPSA) is 6.48 Å². The smallest absolute Gasteiger partial charge is 0.0350 e. The molecular weight excluding hydrogens is 232 g/mol. The lowest BCUT2D eigenvalue weighted by molar-refractivity contribution is -0.0347. The minimum Gasteiger partial charge on any atom is -0.298 e. The number of nitrogens with zero attached hydrogens (tertiary/aromatic N) is 2. The molecule has 0 radical (unpaired) electrons. The van der Waals surface area contributed by atoms with E-state index in [0.717, 1.165) is 12.0 Å². The van der Waals surface area contributed by atoms with Crippen LogP contribution < -0.4 is 0 Å². The first kappa shape index (κ1) is 15.3. The van der Waals surface area contributed by atoms with E-state index in [2.05, 4.69) is 51.3 Å². The Kier molecular flexibility index (Phi) is 4.32. The summed E-state index contributed by atoms with van der Waals surface area (Å²) in [5, 5.41) is 0. The van der Waals surface area contributed by atoms with Crippen LogP contribution in [0.15, 0.2) is 0 Å². The molecule has 112 valence electrons. The average Bonchev–Trinajstić information content (AvgIpc) is 2.13. The molecule has 2 aliphatic heterocycles. The number of hydrogen-bond donors (Lipinski definition) is 0. The molecule has 0 unspecified atom stereocenters. The first-order valence-corrected chi connectivity index (χ1v) is 8.14. The van der Waals surface area contributed by atoms with Crippen LogP contribution in [-0.4, -0.2) is 47.6 Å². The minimum absolute atomic E-state index is 0.362. The highest BCUT2D eigenvalue weighted by molar-refractivity contribution is 4.95. The van der Waals surface area contributed by atoms with E-state index in [4.69, 9.17) is 0 Å². The Morgan fingerprint density at radius 1 is 0.895 bits per heavy atom. The molecule has 0 aromatic carbocycles. The zero-order valence-electron chi connectivity index (χ0n) is 14.0. The third kappa shape index (κ3) is 4.19. The lowest BCUT2D eigenvalue weighted by Gasteiger charge is -2.53. The summed E-state index contributed by atoms with van der Waals surface area (Å²) in [7, 11) is 0. The molecule has 0 bridgehead atoms. The lowest BCUT2D eigenvalue weighted by Crippen LogP contribution is -2.65. The van der Waals surface area contributed by atoms with E-state index in [1.54, 1.807) is 0 Å². The van der Waals surface area contributed by atoms with Gasteiger partial charge in [-0.05, 0) is 64.5 Å². The van der Waals surface area contributed by atoms with Gasteiger partial charge in [0.15, 0.2) is 0 Å². The Morgan fingerprint density at radius 3 is 1.84 bits per heavy atom. The zero-order chi connectivity index (χ0) is 14.3. The van der Waals surface area contributed by atoms with Gasteiger partial charge in [-0.2, -0.15) is 0 Å². The zero-order valence-corrected chi connectivity index (χ0v) is 14.0. The first-order valence-electron chi connectivity index (χ1n) is 8.14. The molecule has 2 aliphatic rings. The van der Waals surface area contributed by atoms with Crippen LogP contribution in [0.1, 0.15) is 60.8 Å². The fraction of sp³-hybridized carbons (Fsp3) is 1.00. The maximum atomic E-state index is 2.75. The summed E-state index contributed by atoms with van der Waals surface area (Å²) in [4.78, 5) is 5.36. The van der Waals surface area contributed by atoms with Crippen molar-refractivity contribution in [2.75, 3.05) is 26.2 Å². The first-order chi connectivity index (χ1) is 8.65. The van der Waals surface area contributed by atoms with E-state index in [-0.39, 0.29) is 0 Å². The van der Waals surface area contributed by atoms with Crippen molar-refractivity contribution >= 4 is 0 Å². The Bertz CT molecular complexity index is 283. The monoisotopic (exact) mass is 266 g/mol. The van der Waals surface area contributed by atoms with E-state index in [0.29, 0.717) is 11.0 Å².